The molecule has 0 aliphatic rings. The Morgan fingerprint density at radius 1 is 1.64 bits per heavy atom. The number of carbonyl (C=O) groups is 1. The van der Waals surface area contributed by atoms with Crippen molar-refractivity contribution in [1.82, 2.24) is 15.0 Å². The molecule has 2 aromatic heterocycles. The maximum atomic E-state index is 10.5. The molecule has 0 atom stereocenters. The molecule has 1 N–H and O–H groups in total. The van der Waals surface area contributed by atoms with Gasteiger partial charge in [-0.2, -0.15) is 0 Å². The van der Waals surface area contributed by atoms with Gasteiger partial charge in [-0.05, 0) is 17.5 Å². The number of thiophene rings is 1. The van der Waals surface area contributed by atoms with Crippen molar-refractivity contribution in [3.05, 3.63) is 29.4 Å². The first kappa shape index (κ1) is 8.89. The van der Waals surface area contributed by atoms with Crippen molar-refractivity contribution in [1.29, 1.82) is 0 Å². The van der Waals surface area contributed by atoms with E-state index in [2.05, 4.69) is 10.3 Å². The van der Waals surface area contributed by atoms with Crippen LogP contribution in [-0.4, -0.2) is 26.1 Å². The summed E-state index contributed by atoms with van der Waals surface area (Å²) in [5.41, 5.74) is 0.583. The van der Waals surface area contributed by atoms with Crippen LogP contribution < -0.4 is 0 Å². The SMILES string of the molecule is O=C(O)Cc1cnnn1-c1cccs1. The van der Waals surface area contributed by atoms with Crippen LogP contribution in [0.3, 0.4) is 0 Å². The number of carboxylic acid groups (broad SMARTS) is 1. The fourth-order valence-corrected chi connectivity index (χ4v) is 1.82. The lowest BCUT2D eigenvalue weighted by molar-refractivity contribution is -0.136. The van der Waals surface area contributed by atoms with E-state index < -0.39 is 5.97 Å². The van der Waals surface area contributed by atoms with Crippen molar-refractivity contribution in [2.24, 2.45) is 0 Å². The first-order valence-electron chi connectivity index (χ1n) is 3.92. The van der Waals surface area contributed by atoms with E-state index in [4.69, 9.17) is 5.11 Å². The van der Waals surface area contributed by atoms with Gasteiger partial charge in [0.15, 0.2) is 0 Å². The summed E-state index contributed by atoms with van der Waals surface area (Å²) < 4.78 is 1.54. The Bertz CT molecular complexity index is 435. The third-order valence-electron chi connectivity index (χ3n) is 1.67. The molecule has 0 bridgehead atoms. The minimum Gasteiger partial charge on any atom is -0.481 e. The first-order valence-corrected chi connectivity index (χ1v) is 4.80. The van der Waals surface area contributed by atoms with E-state index in [0.29, 0.717) is 5.69 Å². The minimum absolute atomic E-state index is 0.0646. The van der Waals surface area contributed by atoms with Crippen LogP contribution in [0.15, 0.2) is 23.7 Å². The van der Waals surface area contributed by atoms with Crippen LogP contribution >= 0.6 is 11.3 Å². The quantitative estimate of drug-likeness (QED) is 0.817. The normalized spacial score (nSPS) is 10.3. The summed E-state index contributed by atoms with van der Waals surface area (Å²) in [5.74, 6) is -0.884. The van der Waals surface area contributed by atoms with Crippen molar-refractivity contribution in [2.45, 2.75) is 6.42 Å². The zero-order valence-corrected chi connectivity index (χ0v) is 7.94. The monoisotopic (exact) mass is 209 g/mol. The fourth-order valence-electron chi connectivity index (χ4n) is 1.11. The summed E-state index contributed by atoms with van der Waals surface area (Å²) in [5, 5.41) is 18.9. The average molecular weight is 209 g/mol. The molecular weight excluding hydrogens is 202 g/mol. The standard InChI is InChI=1S/C8H7N3O2S/c12-8(13)4-6-5-9-10-11(6)7-2-1-3-14-7/h1-3,5H,4H2,(H,12,13). The van der Waals surface area contributed by atoms with Gasteiger partial charge in [-0.1, -0.05) is 5.21 Å². The van der Waals surface area contributed by atoms with E-state index >= 15 is 0 Å². The molecule has 0 radical (unpaired) electrons. The van der Waals surface area contributed by atoms with Gasteiger partial charge in [-0.25, -0.2) is 4.68 Å². The summed E-state index contributed by atoms with van der Waals surface area (Å²) in [6.45, 7) is 0. The Kier molecular flexibility index (Phi) is 2.28. The largest absolute Gasteiger partial charge is 0.481 e. The third-order valence-corrected chi connectivity index (χ3v) is 2.51. The molecule has 0 aromatic carbocycles. The summed E-state index contributed by atoms with van der Waals surface area (Å²) in [7, 11) is 0. The molecule has 0 saturated heterocycles. The molecule has 2 rings (SSSR count). The number of nitrogens with zero attached hydrogens (tertiary/aromatic N) is 3. The van der Waals surface area contributed by atoms with Crippen LogP contribution in [0.2, 0.25) is 0 Å². The second-order valence-corrected chi connectivity index (χ2v) is 3.59. The Morgan fingerprint density at radius 2 is 2.50 bits per heavy atom. The molecule has 2 aromatic rings. The Labute approximate surface area is 83.6 Å². The Morgan fingerprint density at radius 3 is 3.14 bits per heavy atom. The van der Waals surface area contributed by atoms with Gasteiger partial charge in [0, 0.05) is 0 Å². The second kappa shape index (κ2) is 3.59. The van der Waals surface area contributed by atoms with Crippen LogP contribution in [0.1, 0.15) is 5.69 Å². The minimum atomic E-state index is -0.884. The van der Waals surface area contributed by atoms with Gasteiger partial charge in [0.25, 0.3) is 0 Å². The molecular formula is C8H7N3O2S. The Hall–Kier alpha value is -1.69. The number of rotatable bonds is 3. The molecule has 72 valence electrons. The van der Waals surface area contributed by atoms with Crippen molar-refractivity contribution in [2.75, 3.05) is 0 Å². The van der Waals surface area contributed by atoms with Gasteiger partial charge in [-0.3, -0.25) is 4.79 Å². The molecule has 2 heterocycles. The van der Waals surface area contributed by atoms with E-state index in [1.54, 1.807) is 4.68 Å². The molecule has 0 amide bonds. The molecule has 0 fully saturated rings. The summed E-state index contributed by atoms with van der Waals surface area (Å²) in [6, 6.07) is 3.75. The third kappa shape index (κ3) is 1.64. The van der Waals surface area contributed by atoms with E-state index in [9.17, 15) is 4.79 Å². The number of hydrogen-bond donors (Lipinski definition) is 1. The lowest BCUT2D eigenvalue weighted by Crippen LogP contribution is -2.06. The van der Waals surface area contributed by atoms with E-state index in [1.165, 1.54) is 17.5 Å². The fraction of sp³-hybridized carbons (Fsp3) is 0.125. The van der Waals surface area contributed by atoms with E-state index in [1.807, 2.05) is 17.5 Å². The van der Waals surface area contributed by atoms with Crippen molar-refractivity contribution in [3.63, 3.8) is 0 Å². The number of aromatic nitrogens is 3. The highest BCUT2D eigenvalue weighted by molar-refractivity contribution is 7.12. The number of aliphatic carboxylic acids is 1. The van der Waals surface area contributed by atoms with Crippen LogP contribution in [0, 0.1) is 0 Å². The van der Waals surface area contributed by atoms with Crippen molar-refractivity contribution in [3.8, 4) is 5.00 Å². The Balaban J connectivity index is 2.35. The zero-order chi connectivity index (χ0) is 9.97. The average Bonchev–Trinajstić information content (AvgIpc) is 2.70. The van der Waals surface area contributed by atoms with Crippen LogP contribution in [0.25, 0.3) is 5.00 Å². The highest BCUT2D eigenvalue weighted by atomic mass is 32.1. The lowest BCUT2D eigenvalue weighted by Gasteiger charge is -1.99. The summed E-state index contributed by atoms with van der Waals surface area (Å²) in [4.78, 5) is 10.5. The van der Waals surface area contributed by atoms with Crippen molar-refractivity contribution >= 4 is 17.3 Å². The van der Waals surface area contributed by atoms with E-state index in [0.717, 1.165) is 5.00 Å². The van der Waals surface area contributed by atoms with Gasteiger partial charge in [0.1, 0.15) is 5.00 Å². The van der Waals surface area contributed by atoms with Crippen molar-refractivity contribution < 1.29 is 9.90 Å². The van der Waals surface area contributed by atoms with E-state index in [-0.39, 0.29) is 6.42 Å². The van der Waals surface area contributed by atoms with Crippen LogP contribution in [0.4, 0.5) is 0 Å². The number of hydrogen-bond acceptors (Lipinski definition) is 4. The maximum absolute atomic E-state index is 10.5. The first-order chi connectivity index (χ1) is 6.77. The second-order valence-electron chi connectivity index (χ2n) is 2.66. The van der Waals surface area contributed by atoms with Gasteiger partial charge in [-0.15, -0.1) is 16.4 Å². The van der Waals surface area contributed by atoms with Crippen LogP contribution in [-0.2, 0) is 11.2 Å². The topological polar surface area (TPSA) is 68.0 Å². The molecule has 0 unspecified atom stereocenters. The highest BCUT2D eigenvalue weighted by Gasteiger charge is 2.09. The molecule has 0 aliphatic carbocycles. The lowest BCUT2D eigenvalue weighted by atomic mass is 10.3. The van der Waals surface area contributed by atoms with Gasteiger partial charge in [0.05, 0.1) is 18.3 Å². The smallest absolute Gasteiger partial charge is 0.309 e. The molecule has 0 spiro atoms. The highest BCUT2D eigenvalue weighted by Crippen LogP contribution is 2.15. The van der Waals surface area contributed by atoms with Gasteiger partial charge < -0.3 is 5.11 Å². The molecule has 0 saturated carbocycles. The molecule has 5 nitrogen and oxygen atoms in total. The predicted octanol–water partition coefficient (Wildman–Crippen LogP) is 0.956. The maximum Gasteiger partial charge on any atom is 0.309 e. The molecule has 6 heteroatoms. The number of carboxylic acids is 1. The molecule has 14 heavy (non-hydrogen) atoms. The zero-order valence-electron chi connectivity index (χ0n) is 7.12. The van der Waals surface area contributed by atoms with Gasteiger partial charge in [0.2, 0.25) is 0 Å². The predicted molar refractivity (Wildman–Crippen MR) is 50.6 cm³/mol. The summed E-state index contributed by atoms with van der Waals surface area (Å²) >= 11 is 1.49. The van der Waals surface area contributed by atoms with Gasteiger partial charge >= 0.3 is 5.97 Å². The summed E-state index contributed by atoms with van der Waals surface area (Å²) in [6.07, 6.45) is 1.40. The van der Waals surface area contributed by atoms with Crippen LogP contribution in [0.5, 0.6) is 0 Å². The molecule has 0 aliphatic heterocycles.